The number of methoxy groups -OCH3 is 1. The Hall–Kier alpha value is -1.06. The van der Waals surface area contributed by atoms with Crippen LogP contribution >= 0.6 is 0 Å². The Morgan fingerprint density at radius 1 is 1.33 bits per heavy atom. The molecule has 0 aromatic heterocycles. The molecule has 0 aliphatic carbocycles. The zero-order valence-electron chi connectivity index (χ0n) is 11.9. The number of aliphatic hydroxyl groups is 1. The van der Waals surface area contributed by atoms with Gasteiger partial charge < -0.3 is 15.6 Å². The maximum absolute atomic E-state index is 9.21. The lowest BCUT2D eigenvalue weighted by Crippen LogP contribution is -2.21. The van der Waals surface area contributed by atoms with Crippen molar-refractivity contribution in [2.75, 3.05) is 20.3 Å². The Labute approximate surface area is 110 Å². The van der Waals surface area contributed by atoms with E-state index < -0.39 is 0 Å². The van der Waals surface area contributed by atoms with Gasteiger partial charge in [-0.1, -0.05) is 32.9 Å². The van der Waals surface area contributed by atoms with E-state index in [1.54, 1.807) is 7.11 Å². The zero-order valence-corrected chi connectivity index (χ0v) is 11.9. The zero-order chi connectivity index (χ0) is 13.8. The molecule has 0 spiro atoms. The first-order valence-corrected chi connectivity index (χ1v) is 6.40. The van der Waals surface area contributed by atoms with Crippen molar-refractivity contribution in [3.8, 4) is 5.75 Å². The molecule has 1 aromatic carbocycles. The molecule has 0 saturated heterocycles. The molecule has 0 aliphatic heterocycles. The fraction of sp³-hybridized carbons (Fsp3) is 0.600. The lowest BCUT2D eigenvalue weighted by Gasteiger charge is -2.23. The smallest absolute Gasteiger partial charge is 0.122 e. The quantitative estimate of drug-likeness (QED) is 0.842. The molecule has 0 aliphatic rings. The third-order valence-electron chi connectivity index (χ3n) is 3.19. The van der Waals surface area contributed by atoms with Crippen LogP contribution in [-0.2, 0) is 11.8 Å². The lowest BCUT2D eigenvalue weighted by molar-refractivity contribution is 0.229. The molecule has 0 bridgehead atoms. The monoisotopic (exact) mass is 251 g/mol. The SMILES string of the molecule is COc1ccc(CC(CN)CO)cc1C(C)(C)C. The highest BCUT2D eigenvalue weighted by Gasteiger charge is 2.19. The summed E-state index contributed by atoms with van der Waals surface area (Å²) in [5.74, 6) is 1.05. The van der Waals surface area contributed by atoms with E-state index >= 15 is 0 Å². The minimum absolute atomic E-state index is 0.0405. The van der Waals surface area contributed by atoms with Gasteiger partial charge in [0.2, 0.25) is 0 Å². The molecule has 0 amide bonds. The fourth-order valence-corrected chi connectivity index (χ4v) is 2.02. The third-order valence-corrected chi connectivity index (χ3v) is 3.19. The number of benzene rings is 1. The lowest BCUT2D eigenvalue weighted by atomic mass is 9.84. The van der Waals surface area contributed by atoms with E-state index in [1.807, 2.05) is 12.1 Å². The van der Waals surface area contributed by atoms with E-state index in [0.29, 0.717) is 6.54 Å². The molecule has 1 rings (SSSR count). The van der Waals surface area contributed by atoms with Gasteiger partial charge in [-0.2, -0.15) is 0 Å². The van der Waals surface area contributed by atoms with E-state index in [4.69, 9.17) is 10.5 Å². The van der Waals surface area contributed by atoms with Crippen molar-refractivity contribution in [1.29, 1.82) is 0 Å². The van der Waals surface area contributed by atoms with Crippen LogP contribution < -0.4 is 10.5 Å². The van der Waals surface area contributed by atoms with Gasteiger partial charge in [0.15, 0.2) is 0 Å². The minimum Gasteiger partial charge on any atom is -0.496 e. The van der Waals surface area contributed by atoms with E-state index in [-0.39, 0.29) is 17.9 Å². The predicted molar refractivity (Wildman–Crippen MR) is 75.0 cm³/mol. The summed E-state index contributed by atoms with van der Waals surface area (Å²) >= 11 is 0. The molecule has 0 radical (unpaired) electrons. The molecule has 18 heavy (non-hydrogen) atoms. The van der Waals surface area contributed by atoms with Gasteiger partial charge >= 0.3 is 0 Å². The van der Waals surface area contributed by atoms with Crippen LogP contribution in [0.15, 0.2) is 18.2 Å². The normalized spacial score (nSPS) is 13.4. The summed E-state index contributed by atoms with van der Waals surface area (Å²) in [5.41, 5.74) is 8.06. The Morgan fingerprint density at radius 2 is 2.00 bits per heavy atom. The number of hydrogen-bond acceptors (Lipinski definition) is 3. The van der Waals surface area contributed by atoms with Crippen molar-refractivity contribution >= 4 is 0 Å². The number of aliphatic hydroxyl groups excluding tert-OH is 1. The second-order valence-electron chi connectivity index (χ2n) is 5.77. The third kappa shape index (κ3) is 3.72. The topological polar surface area (TPSA) is 55.5 Å². The molecule has 102 valence electrons. The van der Waals surface area contributed by atoms with Gasteiger partial charge in [0.1, 0.15) is 5.75 Å². The molecule has 1 atom stereocenters. The fourth-order valence-electron chi connectivity index (χ4n) is 2.02. The largest absolute Gasteiger partial charge is 0.496 e. The van der Waals surface area contributed by atoms with Crippen molar-refractivity contribution in [3.05, 3.63) is 29.3 Å². The van der Waals surface area contributed by atoms with Gasteiger partial charge in [0, 0.05) is 6.61 Å². The average Bonchev–Trinajstić information content (AvgIpc) is 2.34. The van der Waals surface area contributed by atoms with Crippen LogP contribution in [0.25, 0.3) is 0 Å². The van der Waals surface area contributed by atoms with Gasteiger partial charge in [-0.05, 0) is 41.5 Å². The second kappa shape index (κ2) is 6.21. The van der Waals surface area contributed by atoms with Crippen molar-refractivity contribution in [3.63, 3.8) is 0 Å². The highest BCUT2D eigenvalue weighted by molar-refractivity contribution is 5.41. The maximum Gasteiger partial charge on any atom is 0.122 e. The van der Waals surface area contributed by atoms with Crippen molar-refractivity contribution in [2.24, 2.45) is 11.7 Å². The first-order valence-electron chi connectivity index (χ1n) is 6.40. The molecular formula is C15H25NO2. The van der Waals surface area contributed by atoms with Crippen molar-refractivity contribution < 1.29 is 9.84 Å². The van der Waals surface area contributed by atoms with Crippen LogP contribution in [0.1, 0.15) is 31.9 Å². The Bertz CT molecular complexity index is 379. The molecular weight excluding hydrogens is 226 g/mol. The summed E-state index contributed by atoms with van der Waals surface area (Å²) in [6, 6.07) is 6.21. The molecule has 3 heteroatoms. The summed E-state index contributed by atoms with van der Waals surface area (Å²) in [6.45, 7) is 7.14. The molecule has 3 N–H and O–H groups in total. The summed E-state index contributed by atoms with van der Waals surface area (Å²) < 4.78 is 5.41. The van der Waals surface area contributed by atoms with E-state index in [9.17, 15) is 5.11 Å². The van der Waals surface area contributed by atoms with Crippen molar-refractivity contribution in [2.45, 2.75) is 32.6 Å². The van der Waals surface area contributed by atoms with E-state index in [1.165, 1.54) is 11.1 Å². The van der Waals surface area contributed by atoms with Gasteiger partial charge in [0.05, 0.1) is 7.11 Å². The summed E-state index contributed by atoms with van der Waals surface area (Å²) in [4.78, 5) is 0. The first kappa shape index (κ1) is 15.0. The number of nitrogens with two attached hydrogens (primary N) is 1. The van der Waals surface area contributed by atoms with E-state index in [0.717, 1.165) is 12.2 Å². The van der Waals surface area contributed by atoms with Gasteiger partial charge in [-0.25, -0.2) is 0 Å². The van der Waals surface area contributed by atoms with Crippen LogP contribution in [0.3, 0.4) is 0 Å². The van der Waals surface area contributed by atoms with Crippen LogP contribution in [0.5, 0.6) is 5.75 Å². The molecule has 1 aromatic rings. The van der Waals surface area contributed by atoms with Crippen LogP contribution in [0, 0.1) is 5.92 Å². The molecule has 1 unspecified atom stereocenters. The average molecular weight is 251 g/mol. The Kier molecular flexibility index (Phi) is 5.17. The summed E-state index contributed by atoms with van der Waals surface area (Å²) in [7, 11) is 1.70. The molecule has 0 heterocycles. The standard InChI is InChI=1S/C15H25NO2/c1-15(2,3)13-8-11(5-6-14(13)18-4)7-12(9-16)10-17/h5-6,8,12,17H,7,9-10,16H2,1-4H3. The first-order chi connectivity index (χ1) is 8.42. The van der Waals surface area contributed by atoms with Crippen LogP contribution in [0.4, 0.5) is 0 Å². The van der Waals surface area contributed by atoms with Crippen LogP contribution in [-0.4, -0.2) is 25.4 Å². The highest BCUT2D eigenvalue weighted by Crippen LogP contribution is 2.32. The molecule has 0 saturated carbocycles. The number of rotatable bonds is 5. The highest BCUT2D eigenvalue weighted by atomic mass is 16.5. The van der Waals surface area contributed by atoms with Crippen LogP contribution in [0.2, 0.25) is 0 Å². The van der Waals surface area contributed by atoms with Gasteiger partial charge in [-0.3, -0.25) is 0 Å². The minimum atomic E-state index is 0.0405. The van der Waals surface area contributed by atoms with E-state index in [2.05, 4.69) is 26.8 Å². The van der Waals surface area contributed by atoms with Crippen molar-refractivity contribution in [1.82, 2.24) is 0 Å². The Balaban J connectivity index is 3.03. The molecule has 0 fully saturated rings. The van der Waals surface area contributed by atoms with Gasteiger partial charge in [0.25, 0.3) is 0 Å². The number of hydrogen-bond donors (Lipinski definition) is 2. The Morgan fingerprint density at radius 3 is 2.44 bits per heavy atom. The summed E-state index contributed by atoms with van der Waals surface area (Å²) in [6.07, 6.45) is 0.806. The van der Waals surface area contributed by atoms with Gasteiger partial charge in [-0.15, -0.1) is 0 Å². The second-order valence-corrected chi connectivity index (χ2v) is 5.77. The predicted octanol–water partition coefficient (Wildman–Crippen LogP) is 2.10. The number of ether oxygens (including phenoxy) is 1. The maximum atomic E-state index is 9.21. The summed E-state index contributed by atoms with van der Waals surface area (Å²) in [5, 5.41) is 9.21. The molecule has 3 nitrogen and oxygen atoms in total.